The first-order valence-electron chi connectivity index (χ1n) is 6.40. The molecular formula is C15H13N5O. The first-order valence-corrected chi connectivity index (χ1v) is 6.40. The Bertz CT molecular complexity index is 749. The zero-order valence-electron chi connectivity index (χ0n) is 11.4. The molecule has 2 aromatic heterocycles. The van der Waals surface area contributed by atoms with Gasteiger partial charge in [-0.15, -0.1) is 5.10 Å². The molecule has 0 spiro atoms. The number of aryl methyl sites for hydroxylation is 1. The number of nitrogens with zero attached hydrogens (tertiary/aromatic N) is 4. The van der Waals surface area contributed by atoms with Crippen LogP contribution in [0.3, 0.4) is 0 Å². The van der Waals surface area contributed by atoms with E-state index in [1.807, 2.05) is 36.4 Å². The molecule has 1 N–H and O–H groups in total. The number of amides is 1. The molecule has 0 unspecified atom stereocenters. The Labute approximate surface area is 121 Å². The van der Waals surface area contributed by atoms with Gasteiger partial charge < -0.3 is 5.32 Å². The van der Waals surface area contributed by atoms with Crippen LogP contribution in [0.2, 0.25) is 0 Å². The molecule has 0 aliphatic heterocycles. The summed E-state index contributed by atoms with van der Waals surface area (Å²) in [5.74, 6) is -0.278. The Balaban J connectivity index is 1.74. The molecule has 1 amide bonds. The Morgan fingerprint density at radius 2 is 1.71 bits per heavy atom. The summed E-state index contributed by atoms with van der Waals surface area (Å²) in [5.41, 5.74) is 3.14. The first kappa shape index (κ1) is 13.0. The normalized spacial score (nSPS) is 10.3. The summed E-state index contributed by atoms with van der Waals surface area (Å²) in [5, 5.41) is 10.3. The van der Waals surface area contributed by atoms with Gasteiger partial charge in [0.2, 0.25) is 0 Å². The molecule has 21 heavy (non-hydrogen) atoms. The van der Waals surface area contributed by atoms with E-state index in [2.05, 4.69) is 20.6 Å². The standard InChI is InChI=1S/C15H13N5O/c1-20-10-14(18-19-20)15(21)17-13-4-2-11(3-5-13)12-6-8-16-9-7-12/h2-10H,1H3,(H,17,21). The zero-order valence-corrected chi connectivity index (χ0v) is 11.4. The molecule has 6 heteroatoms. The second-order valence-corrected chi connectivity index (χ2v) is 4.54. The Morgan fingerprint density at radius 3 is 2.33 bits per heavy atom. The molecule has 0 saturated heterocycles. The van der Waals surface area contributed by atoms with E-state index in [1.165, 1.54) is 4.68 Å². The second kappa shape index (κ2) is 5.54. The van der Waals surface area contributed by atoms with E-state index in [1.54, 1.807) is 25.6 Å². The third-order valence-electron chi connectivity index (χ3n) is 2.99. The van der Waals surface area contributed by atoms with Crippen LogP contribution in [0.25, 0.3) is 11.1 Å². The summed E-state index contributed by atoms with van der Waals surface area (Å²) < 4.78 is 1.49. The monoisotopic (exact) mass is 279 g/mol. The maximum absolute atomic E-state index is 11.9. The fourth-order valence-electron chi connectivity index (χ4n) is 1.94. The van der Waals surface area contributed by atoms with Crippen LogP contribution in [-0.2, 0) is 7.05 Å². The van der Waals surface area contributed by atoms with Crippen LogP contribution in [0.4, 0.5) is 5.69 Å². The minimum Gasteiger partial charge on any atom is -0.321 e. The van der Waals surface area contributed by atoms with E-state index in [0.29, 0.717) is 5.69 Å². The topological polar surface area (TPSA) is 72.7 Å². The summed E-state index contributed by atoms with van der Waals surface area (Å²) in [6.45, 7) is 0. The SMILES string of the molecule is Cn1cc(C(=O)Nc2ccc(-c3ccncc3)cc2)nn1. The highest BCUT2D eigenvalue weighted by Crippen LogP contribution is 2.20. The van der Waals surface area contributed by atoms with Crippen LogP contribution in [0, 0.1) is 0 Å². The van der Waals surface area contributed by atoms with Crippen molar-refractivity contribution >= 4 is 11.6 Å². The smallest absolute Gasteiger partial charge is 0.277 e. The summed E-state index contributed by atoms with van der Waals surface area (Å²) in [6.07, 6.45) is 5.07. The summed E-state index contributed by atoms with van der Waals surface area (Å²) >= 11 is 0. The van der Waals surface area contributed by atoms with Gasteiger partial charge in [-0.3, -0.25) is 14.5 Å². The maximum Gasteiger partial charge on any atom is 0.277 e. The van der Waals surface area contributed by atoms with E-state index < -0.39 is 0 Å². The van der Waals surface area contributed by atoms with Crippen molar-refractivity contribution in [2.24, 2.45) is 7.05 Å². The lowest BCUT2D eigenvalue weighted by atomic mass is 10.1. The fourth-order valence-corrected chi connectivity index (χ4v) is 1.94. The van der Waals surface area contributed by atoms with Crippen molar-refractivity contribution in [2.75, 3.05) is 5.32 Å². The molecule has 1 aromatic carbocycles. The maximum atomic E-state index is 11.9. The van der Waals surface area contributed by atoms with Crippen molar-refractivity contribution < 1.29 is 4.79 Å². The van der Waals surface area contributed by atoms with Crippen molar-refractivity contribution in [3.63, 3.8) is 0 Å². The van der Waals surface area contributed by atoms with Crippen molar-refractivity contribution in [3.05, 3.63) is 60.7 Å². The lowest BCUT2D eigenvalue weighted by Crippen LogP contribution is -2.12. The zero-order chi connectivity index (χ0) is 14.7. The van der Waals surface area contributed by atoms with Crippen LogP contribution in [-0.4, -0.2) is 25.9 Å². The van der Waals surface area contributed by atoms with E-state index in [9.17, 15) is 4.79 Å². The van der Waals surface area contributed by atoms with E-state index in [-0.39, 0.29) is 11.6 Å². The number of rotatable bonds is 3. The lowest BCUT2D eigenvalue weighted by Gasteiger charge is -2.05. The highest BCUT2D eigenvalue weighted by Gasteiger charge is 2.09. The number of anilines is 1. The number of pyridine rings is 1. The van der Waals surface area contributed by atoms with Crippen LogP contribution in [0.5, 0.6) is 0 Å². The number of nitrogens with one attached hydrogen (secondary N) is 1. The molecule has 0 bridgehead atoms. The Morgan fingerprint density at radius 1 is 1.05 bits per heavy atom. The van der Waals surface area contributed by atoms with Gasteiger partial charge in [-0.2, -0.15) is 0 Å². The van der Waals surface area contributed by atoms with Gasteiger partial charge in [0.25, 0.3) is 5.91 Å². The van der Waals surface area contributed by atoms with E-state index in [0.717, 1.165) is 11.1 Å². The van der Waals surface area contributed by atoms with Gasteiger partial charge in [0.15, 0.2) is 5.69 Å². The summed E-state index contributed by atoms with van der Waals surface area (Å²) in [7, 11) is 1.72. The molecular weight excluding hydrogens is 266 g/mol. The number of hydrogen-bond donors (Lipinski definition) is 1. The minimum absolute atomic E-state index is 0.278. The van der Waals surface area contributed by atoms with Gasteiger partial charge in [0, 0.05) is 25.1 Å². The molecule has 0 atom stereocenters. The van der Waals surface area contributed by atoms with Gasteiger partial charge in [0.05, 0.1) is 6.20 Å². The molecule has 0 fully saturated rings. The average Bonchev–Trinajstić information content (AvgIpc) is 2.96. The molecule has 3 aromatic rings. The molecule has 2 heterocycles. The molecule has 3 rings (SSSR count). The van der Waals surface area contributed by atoms with Gasteiger partial charge in [0.1, 0.15) is 0 Å². The van der Waals surface area contributed by atoms with E-state index in [4.69, 9.17) is 0 Å². The van der Waals surface area contributed by atoms with Crippen molar-refractivity contribution in [1.82, 2.24) is 20.0 Å². The van der Waals surface area contributed by atoms with E-state index >= 15 is 0 Å². The third-order valence-corrected chi connectivity index (χ3v) is 2.99. The molecule has 0 aliphatic carbocycles. The van der Waals surface area contributed by atoms with Crippen molar-refractivity contribution in [2.45, 2.75) is 0 Å². The highest BCUT2D eigenvalue weighted by molar-refractivity contribution is 6.02. The number of carbonyl (C=O) groups is 1. The first-order chi connectivity index (χ1) is 10.2. The molecule has 0 saturated carbocycles. The quantitative estimate of drug-likeness (QED) is 0.797. The second-order valence-electron chi connectivity index (χ2n) is 4.54. The molecule has 104 valence electrons. The molecule has 6 nitrogen and oxygen atoms in total. The number of benzene rings is 1. The number of hydrogen-bond acceptors (Lipinski definition) is 4. The predicted molar refractivity (Wildman–Crippen MR) is 78.6 cm³/mol. The van der Waals surface area contributed by atoms with Crippen LogP contribution in [0.15, 0.2) is 55.0 Å². The Hall–Kier alpha value is -3.02. The third kappa shape index (κ3) is 2.94. The average molecular weight is 279 g/mol. The summed E-state index contributed by atoms with van der Waals surface area (Å²) in [6, 6.07) is 11.5. The Kier molecular flexibility index (Phi) is 3.42. The van der Waals surface area contributed by atoms with Gasteiger partial charge in [-0.25, -0.2) is 0 Å². The summed E-state index contributed by atoms with van der Waals surface area (Å²) in [4.78, 5) is 15.9. The van der Waals surface area contributed by atoms with Crippen molar-refractivity contribution in [3.8, 4) is 11.1 Å². The highest BCUT2D eigenvalue weighted by atomic mass is 16.2. The van der Waals surface area contributed by atoms with Gasteiger partial charge in [-0.1, -0.05) is 17.3 Å². The van der Waals surface area contributed by atoms with Crippen LogP contribution >= 0.6 is 0 Å². The fraction of sp³-hybridized carbons (Fsp3) is 0.0667. The number of carbonyl (C=O) groups excluding carboxylic acids is 1. The van der Waals surface area contributed by atoms with Crippen LogP contribution in [0.1, 0.15) is 10.5 Å². The van der Waals surface area contributed by atoms with Crippen molar-refractivity contribution in [1.29, 1.82) is 0 Å². The molecule has 0 radical (unpaired) electrons. The van der Waals surface area contributed by atoms with Gasteiger partial charge >= 0.3 is 0 Å². The molecule has 0 aliphatic rings. The largest absolute Gasteiger partial charge is 0.321 e. The van der Waals surface area contributed by atoms with Gasteiger partial charge in [-0.05, 0) is 35.4 Å². The predicted octanol–water partition coefficient (Wildman–Crippen LogP) is 2.13. The lowest BCUT2D eigenvalue weighted by molar-refractivity contribution is 0.102. The minimum atomic E-state index is -0.278. The van der Waals surface area contributed by atoms with Crippen LogP contribution < -0.4 is 5.32 Å². The number of aromatic nitrogens is 4.